The van der Waals surface area contributed by atoms with Gasteiger partial charge in [0.1, 0.15) is 0 Å². The number of rotatable bonds is 9. The van der Waals surface area contributed by atoms with Crippen molar-refractivity contribution >= 4 is 15.9 Å². The van der Waals surface area contributed by atoms with Crippen molar-refractivity contribution in [2.75, 3.05) is 18.5 Å². The number of alkyl halides is 1. The van der Waals surface area contributed by atoms with Gasteiger partial charge in [-0.15, -0.1) is 0 Å². The quantitative estimate of drug-likeness (QED) is 0.444. The van der Waals surface area contributed by atoms with Crippen LogP contribution in [0.3, 0.4) is 0 Å². The lowest BCUT2D eigenvalue weighted by molar-refractivity contribution is 0.117. The van der Waals surface area contributed by atoms with Crippen LogP contribution in [0.1, 0.15) is 57.8 Å². The number of halogens is 1. The van der Waals surface area contributed by atoms with Crippen molar-refractivity contribution in [3.05, 3.63) is 0 Å². The average molecular weight is 277 g/mol. The number of hydrogen-bond acceptors (Lipinski definition) is 1. The van der Waals surface area contributed by atoms with E-state index in [4.69, 9.17) is 4.74 Å². The molecule has 0 amide bonds. The zero-order valence-corrected chi connectivity index (χ0v) is 11.4. The van der Waals surface area contributed by atoms with Gasteiger partial charge in [-0.25, -0.2) is 0 Å². The van der Waals surface area contributed by atoms with Gasteiger partial charge < -0.3 is 4.74 Å². The van der Waals surface area contributed by atoms with Gasteiger partial charge in [0.2, 0.25) is 0 Å². The lowest BCUT2D eigenvalue weighted by Gasteiger charge is -2.08. The Morgan fingerprint density at radius 3 is 2.40 bits per heavy atom. The van der Waals surface area contributed by atoms with Gasteiger partial charge in [0.15, 0.2) is 0 Å². The predicted molar refractivity (Wildman–Crippen MR) is 69.7 cm³/mol. The SMILES string of the molecule is BrCCCCCCOCCC1CCCC1. The molecule has 0 unspecified atom stereocenters. The second-order valence-electron chi connectivity index (χ2n) is 4.65. The Morgan fingerprint density at radius 2 is 1.67 bits per heavy atom. The zero-order chi connectivity index (χ0) is 10.8. The minimum Gasteiger partial charge on any atom is -0.381 e. The highest BCUT2D eigenvalue weighted by Gasteiger charge is 2.13. The summed E-state index contributed by atoms with van der Waals surface area (Å²) in [5.74, 6) is 0.985. The molecule has 0 aromatic rings. The molecule has 1 fully saturated rings. The van der Waals surface area contributed by atoms with Gasteiger partial charge in [0, 0.05) is 18.5 Å². The van der Waals surface area contributed by atoms with Crippen LogP contribution < -0.4 is 0 Å². The Balaban J connectivity index is 1.73. The molecular weight excluding hydrogens is 252 g/mol. The van der Waals surface area contributed by atoms with Crippen molar-refractivity contribution in [3.63, 3.8) is 0 Å². The van der Waals surface area contributed by atoms with Crippen molar-refractivity contribution in [3.8, 4) is 0 Å². The van der Waals surface area contributed by atoms with E-state index in [1.165, 1.54) is 57.8 Å². The van der Waals surface area contributed by atoms with Crippen LogP contribution in [0.5, 0.6) is 0 Å². The topological polar surface area (TPSA) is 9.23 Å². The first kappa shape index (κ1) is 13.5. The smallest absolute Gasteiger partial charge is 0.0468 e. The second kappa shape index (κ2) is 9.65. The van der Waals surface area contributed by atoms with Gasteiger partial charge in [0.25, 0.3) is 0 Å². The van der Waals surface area contributed by atoms with E-state index in [-0.39, 0.29) is 0 Å². The summed E-state index contributed by atoms with van der Waals surface area (Å²) in [7, 11) is 0. The summed E-state index contributed by atoms with van der Waals surface area (Å²) in [5.41, 5.74) is 0. The summed E-state index contributed by atoms with van der Waals surface area (Å²) in [5, 5.41) is 1.15. The summed E-state index contributed by atoms with van der Waals surface area (Å²) < 4.78 is 5.66. The molecule has 1 saturated carbocycles. The normalized spacial score (nSPS) is 17.4. The molecule has 1 nitrogen and oxygen atoms in total. The summed E-state index contributed by atoms with van der Waals surface area (Å²) in [6.45, 7) is 1.98. The van der Waals surface area contributed by atoms with E-state index < -0.39 is 0 Å². The second-order valence-corrected chi connectivity index (χ2v) is 5.45. The van der Waals surface area contributed by atoms with Crippen LogP contribution in [0.4, 0.5) is 0 Å². The van der Waals surface area contributed by atoms with Crippen LogP contribution >= 0.6 is 15.9 Å². The first-order valence-electron chi connectivity index (χ1n) is 6.57. The average Bonchev–Trinajstić information content (AvgIpc) is 2.75. The molecular formula is C13H25BrO. The molecule has 15 heavy (non-hydrogen) atoms. The third-order valence-electron chi connectivity index (χ3n) is 3.32. The molecule has 0 aliphatic heterocycles. The third kappa shape index (κ3) is 7.35. The zero-order valence-electron chi connectivity index (χ0n) is 9.85. The third-order valence-corrected chi connectivity index (χ3v) is 3.88. The van der Waals surface area contributed by atoms with E-state index in [0.29, 0.717) is 0 Å². The Bertz CT molecular complexity index is 132. The van der Waals surface area contributed by atoms with Crippen LogP contribution in [0.25, 0.3) is 0 Å². The van der Waals surface area contributed by atoms with Gasteiger partial charge in [-0.05, 0) is 25.2 Å². The molecule has 0 bridgehead atoms. The number of hydrogen-bond donors (Lipinski definition) is 0. The Kier molecular flexibility index (Phi) is 8.69. The van der Waals surface area contributed by atoms with Crippen molar-refractivity contribution in [1.82, 2.24) is 0 Å². The largest absolute Gasteiger partial charge is 0.381 e. The van der Waals surface area contributed by atoms with Gasteiger partial charge in [-0.2, -0.15) is 0 Å². The van der Waals surface area contributed by atoms with Crippen LogP contribution in [0, 0.1) is 5.92 Å². The van der Waals surface area contributed by atoms with Gasteiger partial charge in [0.05, 0.1) is 0 Å². The molecule has 0 saturated heterocycles. The minimum atomic E-state index is 0.981. The Labute approximate surface area is 103 Å². The fourth-order valence-corrected chi connectivity index (χ4v) is 2.70. The first-order chi connectivity index (χ1) is 7.43. The Hall–Kier alpha value is 0.440. The molecule has 2 heteroatoms. The molecule has 1 rings (SSSR count). The lowest BCUT2D eigenvalue weighted by Crippen LogP contribution is -2.02. The van der Waals surface area contributed by atoms with E-state index in [1.54, 1.807) is 0 Å². The maximum absolute atomic E-state index is 5.66. The summed E-state index contributed by atoms with van der Waals surface area (Å²) in [6.07, 6.45) is 12.4. The Morgan fingerprint density at radius 1 is 0.933 bits per heavy atom. The molecule has 0 aromatic heterocycles. The van der Waals surface area contributed by atoms with Crippen LogP contribution in [-0.4, -0.2) is 18.5 Å². The van der Waals surface area contributed by atoms with Crippen LogP contribution in [-0.2, 0) is 4.74 Å². The van der Waals surface area contributed by atoms with E-state index in [0.717, 1.165) is 24.5 Å². The van der Waals surface area contributed by atoms with Gasteiger partial charge in [-0.1, -0.05) is 54.5 Å². The fourth-order valence-electron chi connectivity index (χ4n) is 2.30. The fraction of sp³-hybridized carbons (Fsp3) is 1.00. The van der Waals surface area contributed by atoms with E-state index >= 15 is 0 Å². The highest BCUT2D eigenvalue weighted by molar-refractivity contribution is 9.09. The van der Waals surface area contributed by atoms with Gasteiger partial charge in [-0.3, -0.25) is 0 Å². The molecule has 1 aliphatic rings. The standard InChI is InChI=1S/C13H25BrO/c14-10-5-1-2-6-11-15-12-9-13-7-3-4-8-13/h13H,1-12H2. The van der Waals surface area contributed by atoms with Crippen molar-refractivity contribution < 1.29 is 4.74 Å². The number of ether oxygens (including phenoxy) is 1. The monoisotopic (exact) mass is 276 g/mol. The molecule has 90 valence electrons. The van der Waals surface area contributed by atoms with Gasteiger partial charge >= 0.3 is 0 Å². The maximum Gasteiger partial charge on any atom is 0.0468 e. The number of unbranched alkanes of at least 4 members (excludes halogenated alkanes) is 3. The minimum absolute atomic E-state index is 0.981. The summed E-state index contributed by atoms with van der Waals surface area (Å²) in [6, 6.07) is 0. The molecule has 0 N–H and O–H groups in total. The van der Waals surface area contributed by atoms with Crippen LogP contribution in [0.2, 0.25) is 0 Å². The van der Waals surface area contributed by atoms with Crippen molar-refractivity contribution in [2.24, 2.45) is 5.92 Å². The highest BCUT2D eigenvalue weighted by Crippen LogP contribution is 2.27. The van der Waals surface area contributed by atoms with E-state index in [9.17, 15) is 0 Å². The predicted octanol–water partition coefficient (Wildman–Crippen LogP) is 4.54. The van der Waals surface area contributed by atoms with E-state index in [2.05, 4.69) is 15.9 Å². The van der Waals surface area contributed by atoms with Crippen molar-refractivity contribution in [1.29, 1.82) is 0 Å². The van der Waals surface area contributed by atoms with Crippen molar-refractivity contribution in [2.45, 2.75) is 57.8 Å². The summed E-state index contributed by atoms with van der Waals surface area (Å²) in [4.78, 5) is 0. The molecule has 0 aromatic carbocycles. The molecule has 1 aliphatic carbocycles. The highest BCUT2D eigenvalue weighted by atomic mass is 79.9. The first-order valence-corrected chi connectivity index (χ1v) is 7.69. The lowest BCUT2D eigenvalue weighted by atomic mass is 10.1. The molecule has 0 radical (unpaired) electrons. The van der Waals surface area contributed by atoms with Crippen LogP contribution in [0.15, 0.2) is 0 Å². The maximum atomic E-state index is 5.66. The molecule has 0 atom stereocenters. The summed E-state index contributed by atoms with van der Waals surface area (Å²) >= 11 is 3.45. The molecule has 0 spiro atoms. The van der Waals surface area contributed by atoms with E-state index in [1.807, 2.05) is 0 Å². The molecule has 0 heterocycles.